The molecule has 118 valence electrons. The average Bonchev–Trinajstić information content (AvgIpc) is 2.52. The Balaban J connectivity index is 1.55. The van der Waals surface area contributed by atoms with Gasteiger partial charge in [0.25, 0.3) is 0 Å². The minimum absolute atomic E-state index is 0.357. The van der Waals surface area contributed by atoms with Crippen LogP contribution in [-0.2, 0) is 4.74 Å². The first-order chi connectivity index (χ1) is 10.3. The molecule has 0 aliphatic carbocycles. The Morgan fingerprint density at radius 1 is 1.24 bits per heavy atom. The normalized spacial score (nSPS) is 16.6. The first-order valence-electron chi connectivity index (χ1n) is 8.25. The average molecular weight is 291 g/mol. The van der Waals surface area contributed by atoms with Crippen LogP contribution in [0, 0.1) is 0 Å². The van der Waals surface area contributed by atoms with E-state index in [1.54, 1.807) is 0 Å². The lowest BCUT2D eigenvalue weighted by atomic mass is 10.0. The van der Waals surface area contributed by atoms with Crippen molar-refractivity contribution in [2.75, 3.05) is 31.1 Å². The maximum atomic E-state index is 5.56. The van der Waals surface area contributed by atoms with E-state index in [9.17, 15) is 0 Å². The quantitative estimate of drug-likeness (QED) is 0.747. The summed E-state index contributed by atoms with van der Waals surface area (Å²) in [6.07, 6.45) is 8.92. The summed E-state index contributed by atoms with van der Waals surface area (Å²) in [6, 6.07) is 4.87. The molecule has 1 aromatic heterocycles. The number of unbranched alkanes of at least 4 members (excludes halogenated alkanes) is 1. The summed E-state index contributed by atoms with van der Waals surface area (Å²) < 4.78 is 5.56. The predicted molar refractivity (Wildman–Crippen MR) is 87.8 cm³/mol. The number of ether oxygens (including phenoxy) is 1. The molecule has 0 bridgehead atoms. The van der Waals surface area contributed by atoms with Crippen molar-refractivity contribution < 1.29 is 4.74 Å². The molecule has 4 nitrogen and oxygen atoms in total. The Bertz CT molecular complexity index is 375. The lowest BCUT2D eigenvalue weighted by Crippen LogP contribution is -2.42. The van der Waals surface area contributed by atoms with Gasteiger partial charge in [-0.2, -0.15) is 0 Å². The molecule has 0 unspecified atom stereocenters. The highest BCUT2D eigenvalue weighted by atomic mass is 16.5. The van der Waals surface area contributed by atoms with Crippen LogP contribution in [0.1, 0.15) is 39.5 Å². The van der Waals surface area contributed by atoms with Crippen LogP contribution in [0.2, 0.25) is 0 Å². The summed E-state index contributed by atoms with van der Waals surface area (Å²) in [4.78, 5) is 6.54. The minimum atomic E-state index is 0.357. The third-order valence-electron chi connectivity index (χ3n) is 3.98. The summed E-state index contributed by atoms with van der Waals surface area (Å²) in [5.74, 6) is 0. The predicted octanol–water partition coefficient (Wildman–Crippen LogP) is 2.85. The highest BCUT2D eigenvalue weighted by molar-refractivity contribution is 5.44. The van der Waals surface area contributed by atoms with Gasteiger partial charge in [-0.15, -0.1) is 0 Å². The number of pyridine rings is 1. The van der Waals surface area contributed by atoms with Crippen LogP contribution in [0.3, 0.4) is 0 Å². The van der Waals surface area contributed by atoms with Crippen molar-refractivity contribution in [1.82, 2.24) is 10.3 Å². The molecule has 21 heavy (non-hydrogen) atoms. The van der Waals surface area contributed by atoms with Gasteiger partial charge in [0.05, 0.1) is 6.10 Å². The molecule has 1 aliphatic heterocycles. The van der Waals surface area contributed by atoms with Crippen LogP contribution in [0.5, 0.6) is 0 Å². The summed E-state index contributed by atoms with van der Waals surface area (Å²) >= 11 is 0. The van der Waals surface area contributed by atoms with E-state index in [1.165, 1.54) is 24.9 Å². The second-order valence-corrected chi connectivity index (χ2v) is 6.05. The Labute approximate surface area is 128 Å². The van der Waals surface area contributed by atoms with E-state index in [1.807, 2.05) is 12.4 Å². The fraction of sp³-hybridized carbons (Fsp3) is 0.706. The number of piperidine rings is 1. The second kappa shape index (κ2) is 9.00. The van der Waals surface area contributed by atoms with Gasteiger partial charge in [-0.05, 0) is 58.2 Å². The number of rotatable bonds is 8. The molecule has 0 radical (unpaired) electrons. The van der Waals surface area contributed by atoms with Crippen molar-refractivity contribution in [3.05, 3.63) is 24.5 Å². The van der Waals surface area contributed by atoms with E-state index in [2.05, 4.69) is 41.2 Å². The van der Waals surface area contributed by atoms with Gasteiger partial charge < -0.3 is 15.0 Å². The van der Waals surface area contributed by atoms with Crippen LogP contribution >= 0.6 is 0 Å². The maximum Gasteiger partial charge on any atom is 0.0518 e. The van der Waals surface area contributed by atoms with Crippen molar-refractivity contribution in [3.8, 4) is 0 Å². The smallest absolute Gasteiger partial charge is 0.0518 e. The van der Waals surface area contributed by atoms with Crippen LogP contribution < -0.4 is 10.2 Å². The topological polar surface area (TPSA) is 37.4 Å². The third kappa shape index (κ3) is 6.02. The van der Waals surface area contributed by atoms with Gasteiger partial charge in [0, 0.05) is 43.8 Å². The van der Waals surface area contributed by atoms with E-state index >= 15 is 0 Å². The number of hydrogen-bond donors (Lipinski definition) is 1. The van der Waals surface area contributed by atoms with Gasteiger partial charge in [0.1, 0.15) is 0 Å². The highest BCUT2D eigenvalue weighted by Gasteiger charge is 2.18. The number of aromatic nitrogens is 1. The zero-order valence-corrected chi connectivity index (χ0v) is 13.4. The SMILES string of the molecule is CC(C)OCCCCNC1CCN(c2ccncc2)CC1. The van der Waals surface area contributed by atoms with Gasteiger partial charge in [-0.1, -0.05) is 0 Å². The number of nitrogens with one attached hydrogen (secondary N) is 1. The number of nitrogens with zero attached hydrogens (tertiary/aromatic N) is 2. The van der Waals surface area contributed by atoms with Crippen LogP contribution in [0.4, 0.5) is 5.69 Å². The van der Waals surface area contributed by atoms with E-state index < -0.39 is 0 Å². The Kier molecular flexibility index (Phi) is 6.96. The molecule has 1 saturated heterocycles. The Hall–Kier alpha value is -1.13. The minimum Gasteiger partial charge on any atom is -0.379 e. The van der Waals surface area contributed by atoms with Crippen molar-refractivity contribution >= 4 is 5.69 Å². The zero-order valence-electron chi connectivity index (χ0n) is 13.4. The molecule has 0 saturated carbocycles. The molecule has 0 amide bonds. The first kappa shape index (κ1) is 16.2. The molecular weight excluding hydrogens is 262 g/mol. The lowest BCUT2D eigenvalue weighted by molar-refractivity contribution is 0.0759. The molecule has 1 N–H and O–H groups in total. The molecule has 0 spiro atoms. The molecule has 2 heterocycles. The van der Waals surface area contributed by atoms with E-state index in [-0.39, 0.29) is 0 Å². The van der Waals surface area contributed by atoms with E-state index in [0.29, 0.717) is 12.1 Å². The van der Waals surface area contributed by atoms with Crippen LogP contribution in [0.15, 0.2) is 24.5 Å². The van der Waals surface area contributed by atoms with E-state index in [0.717, 1.165) is 32.7 Å². The highest BCUT2D eigenvalue weighted by Crippen LogP contribution is 2.18. The third-order valence-corrected chi connectivity index (χ3v) is 3.98. The van der Waals surface area contributed by atoms with Gasteiger partial charge in [-0.3, -0.25) is 4.98 Å². The fourth-order valence-electron chi connectivity index (χ4n) is 2.75. The standard InChI is InChI=1S/C17H29N3O/c1-15(2)21-14-4-3-9-19-16-7-12-20(13-8-16)17-5-10-18-11-6-17/h5-6,10-11,15-16,19H,3-4,7-9,12-14H2,1-2H3. The monoisotopic (exact) mass is 291 g/mol. The molecule has 1 aliphatic rings. The summed E-state index contributed by atoms with van der Waals surface area (Å²) in [5, 5.41) is 3.69. The van der Waals surface area contributed by atoms with Crippen molar-refractivity contribution in [1.29, 1.82) is 0 Å². The molecule has 4 heteroatoms. The molecule has 1 aromatic rings. The van der Waals surface area contributed by atoms with Crippen LogP contribution in [0.25, 0.3) is 0 Å². The zero-order chi connectivity index (χ0) is 14.9. The number of anilines is 1. The molecule has 1 fully saturated rings. The summed E-state index contributed by atoms with van der Waals surface area (Å²) in [6.45, 7) is 8.46. The van der Waals surface area contributed by atoms with E-state index in [4.69, 9.17) is 4.74 Å². The molecule has 2 rings (SSSR count). The summed E-state index contributed by atoms with van der Waals surface area (Å²) in [5.41, 5.74) is 1.30. The lowest BCUT2D eigenvalue weighted by Gasteiger charge is -2.34. The fourth-order valence-corrected chi connectivity index (χ4v) is 2.75. The summed E-state index contributed by atoms with van der Waals surface area (Å²) in [7, 11) is 0. The molecular formula is C17H29N3O. The van der Waals surface area contributed by atoms with Gasteiger partial charge in [0.2, 0.25) is 0 Å². The molecule has 0 aromatic carbocycles. The van der Waals surface area contributed by atoms with Crippen molar-refractivity contribution in [2.45, 2.75) is 51.7 Å². The maximum absolute atomic E-state index is 5.56. The molecule has 0 atom stereocenters. The van der Waals surface area contributed by atoms with Gasteiger partial charge in [0.15, 0.2) is 0 Å². The van der Waals surface area contributed by atoms with Gasteiger partial charge in [-0.25, -0.2) is 0 Å². The Morgan fingerprint density at radius 3 is 2.62 bits per heavy atom. The van der Waals surface area contributed by atoms with Crippen molar-refractivity contribution in [2.24, 2.45) is 0 Å². The number of hydrogen-bond acceptors (Lipinski definition) is 4. The van der Waals surface area contributed by atoms with Gasteiger partial charge >= 0.3 is 0 Å². The first-order valence-corrected chi connectivity index (χ1v) is 8.25. The Morgan fingerprint density at radius 2 is 1.95 bits per heavy atom. The largest absolute Gasteiger partial charge is 0.379 e. The van der Waals surface area contributed by atoms with Crippen LogP contribution in [-0.4, -0.2) is 43.4 Å². The van der Waals surface area contributed by atoms with Crippen molar-refractivity contribution in [3.63, 3.8) is 0 Å². The second-order valence-electron chi connectivity index (χ2n) is 6.05.